The van der Waals surface area contributed by atoms with Crippen molar-refractivity contribution in [3.05, 3.63) is 42.4 Å². The van der Waals surface area contributed by atoms with E-state index in [0.29, 0.717) is 12.4 Å². The fraction of sp³-hybridized carbons (Fsp3) is 0.333. The van der Waals surface area contributed by atoms with Gasteiger partial charge in [0, 0.05) is 0 Å². The normalized spacial score (nSPS) is 11.2. The summed E-state index contributed by atoms with van der Waals surface area (Å²) >= 11 is 0. The second-order valence-electron chi connectivity index (χ2n) is 5.47. The van der Waals surface area contributed by atoms with Crippen molar-refractivity contribution in [3.8, 4) is 11.3 Å². The van der Waals surface area contributed by atoms with Gasteiger partial charge in [-0.05, 0) is 26.3 Å². The fourth-order valence-electron chi connectivity index (χ4n) is 1.69. The van der Waals surface area contributed by atoms with E-state index in [9.17, 15) is 4.79 Å². The summed E-state index contributed by atoms with van der Waals surface area (Å²) in [5.74, 6) is 0.690. The van der Waals surface area contributed by atoms with Gasteiger partial charge in [0.05, 0.1) is 18.4 Å². The van der Waals surface area contributed by atoms with Crippen molar-refractivity contribution in [1.29, 1.82) is 0 Å². The van der Waals surface area contributed by atoms with Crippen molar-refractivity contribution < 1.29 is 9.53 Å². The molecule has 0 spiro atoms. The van der Waals surface area contributed by atoms with E-state index in [2.05, 4.69) is 15.3 Å². The van der Waals surface area contributed by atoms with Gasteiger partial charge in [0.25, 0.3) is 0 Å². The van der Waals surface area contributed by atoms with Crippen LogP contribution in [0.5, 0.6) is 0 Å². The van der Waals surface area contributed by atoms with Crippen LogP contribution in [0.25, 0.3) is 11.3 Å². The zero-order valence-electron chi connectivity index (χ0n) is 11.9. The molecule has 0 atom stereocenters. The molecule has 1 aromatic carbocycles. The molecule has 0 radical (unpaired) electrons. The summed E-state index contributed by atoms with van der Waals surface area (Å²) in [6.45, 7) is 5.79. The number of benzene rings is 1. The Hall–Kier alpha value is -2.30. The van der Waals surface area contributed by atoms with E-state index < -0.39 is 11.7 Å². The molecule has 1 aromatic heterocycles. The molecular weight excluding hydrogens is 254 g/mol. The minimum absolute atomic E-state index is 0.307. The monoisotopic (exact) mass is 273 g/mol. The Morgan fingerprint density at radius 3 is 2.65 bits per heavy atom. The van der Waals surface area contributed by atoms with E-state index in [0.717, 1.165) is 11.3 Å². The molecule has 0 aliphatic heterocycles. The number of hydrogen-bond donors (Lipinski definition) is 2. The molecule has 0 saturated carbocycles. The Morgan fingerprint density at radius 2 is 2.00 bits per heavy atom. The molecule has 0 unspecified atom stereocenters. The molecule has 0 aliphatic carbocycles. The first kappa shape index (κ1) is 14.1. The van der Waals surface area contributed by atoms with Crippen LogP contribution < -0.4 is 5.32 Å². The molecule has 2 N–H and O–H groups in total. The highest BCUT2D eigenvalue weighted by atomic mass is 16.6. The molecule has 0 aliphatic rings. The minimum atomic E-state index is -0.498. The van der Waals surface area contributed by atoms with E-state index in [1.807, 2.05) is 51.1 Å². The highest BCUT2D eigenvalue weighted by Crippen LogP contribution is 2.16. The molecule has 5 nitrogen and oxygen atoms in total. The van der Waals surface area contributed by atoms with Crippen molar-refractivity contribution in [2.75, 3.05) is 0 Å². The fourth-order valence-corrected chi connectivity index (χ4v) is 1.69. The minimum Gasteiger partial charge on any atom is -0.444 e. The van der Waals surface area contributed by atoms with Crippen LogP contribution in [0, 0.1) is 0 Å². The molecule has 2 rings (SSSR count). The van der Waals surface area contributed by atoms with Gasteiger partial charge in [-0.3, -0.25) is 0 Å². The van der Waals surface area contributed by atoms with E-state index >= 15 is 0 Å². The zero-order valence-corrected chi connectivity index (χ0v) is 11.9. The highest BCUT2D eigenvalue weighted by molar-refractivity contribution is 5.67. The van der Waals surface area contributed by atoms with Crippen LogP contribution in [0.1, 0.15) is 26.6 Å². The molecule has 2 aromatic rings. The average molecular weight is 273 g/mol. The predicted octanol–water partition coefficient (Wildman–Crippen LogP) is 3.10. The van der Waals surface area contributed by atoms with E-state index in [1.165, 1.54) is 0 Å². The number of carbonyl (C=O) groups is 1. The van der Waals surface area contributed by atoms with Crippen molar-refractivity contribution >= 4 is 6.09 Å². The Kier molecular flexibility index (Phi) is 4.08. The molecular formula is C15H19N3O2. The van der Waals surface area contributed by atoms with Crippen LogP contribution in [0.3, 0.4) is 0 Å². The SMILES string of the molecule is CC(C)(C)OC(=O)NCc1ncc(-c2ccccc2)[nH]1. The molecule has 0 fully saturated rings. The standard InChI is InChI=1S/C15H19N3O2/c1-15(2,3)20-14(19)17-10-13-16-9-12(18-13)11-7-5-4-6-8-11/h4-9H,10H2,1-3H3,(H,16,18)(H,17,19). The van der Waals surface area contributed by atoms with Gasteiger partial charge in [0.2, 0.25) is 0 Å². The smallest absolute Gasteiger partial charge is 0.408 e. The van der Waals surface area contributed by atoms with Crippen LogP contribution in [-0.2, 0) is 11.3 Å². The number of nitrogens with zero attached hydrogens (tertiary/aromatic N) is 1. The van der Waals surface area contributed by atoms with Crippen molar-refractivity contribution in [1.82, 2.24) is 15.3 Å². The number of alkyl carbamates (subject to hydrolysis) is 1. The number of aromatic nitrogens is 2. The number of H-pyrrole nitrogens is 1. The molecule has 0 saturated heterocycles. The van der Waals surface area contributed by atoms with Crippen LogP contribution in [0.15, 0.2) is 36.5 Å². The Labute approximate surface area is 118 Å². The van der Waals surface area contributed by atoms with Crippen LogP contribution in [-0.4, -0.2) is 21.7 Å². The number of carbonyl (C=O) groups excluding carboxylic acids is 1. The van der Waals surface area contributed by atoms with Gasteiger partial charge < -0.3 is 15.0 Å². The summed E-state index contributed by atoms with van der Waals surface area (Å²) in [4.78, 5) is 18.9. The highest BCUT2D eigenvalue weighted by Gasteiger charge is 2.16. The number of amides is 1. The lowest BCUT2D eigenvalue weighted by Gasteiger charge is -2.19. The molecule has 20 heavy (non-hydrogen) atoms. The average Bonchev–Trinajstić information content (AvgIpc) is 2.84. The van der Waals surface area contributed by atoms with Crippen LogP contribution >= 0.6 is 0 Å². The Morgan fingerprint density at radius 1 is 1.30 bits per heavy atom. The summed E-state index contributed by atoms with van der Waals surface area (Å²) in [6, 6.07) is 9.89. The second kappa shape index (κ2) is 5.77. The summed E-state index contributed by atoms with van der Waals surface area (Å²) in [7, 11) is 0. The largest absolute Gasteiger partial charge is 0.444 e. The molecule has 1 heterocycles. The number of hydrogen-bond acceptors (Lipinski definition) is 3. The predicted molar refractivity (Wildman–Crippen MR) is 77.1 cm³/mol. The lowest BCUT2D eigenvalue weighted by Crippen LogP contribution is -2.32. The number of imidazole rings is 1. The van der Waals surface area contributed by atoms with E-state index in [4.69, 9.17) is 4.74 Å². The van der Waals surface area contributed by atoms with Gasteiger partial charge in [0.15, 0.2) is 0 Å². The van der Waals surface area contributed by atoms with Gasteiger partial charge in [-0.1, -0.05) is 30.3 Å². The number of aromatic amines is 1. The third-order valence-corrected chi connectivity index (χ3v) is 2.51. The van der Waals surface area contributed by atoms with E-state index in [1.54, 1.807) is 6.20 Å². The van der Waals surface area contributed by atoms with E-state index in [-0.39, 0.29) is 0 Å². The third kappa shape index (κ3) is 4.12. The topological polar surface area (TPSA) is 67.0 Å². The Bertz CT molecular complexity index is 570. The van der Waals surface area contributed by atoms with Crippen molar-refractivity contribution in [2.45, 2.75) is 32.9 Å². The first-order valence-electron chi connectivity index (χ1n) is 6.50. The van der Waals surface area contributed by atoms with Gasteiger partial charge in [-0.25, -0.2) is 9.78 Å². The summed E-state index contributed by atoms with van der Waals surface area (Å²) in [6.07, 6.45) is 1.30. The lowest BCUT2D eigenvalue weighted by atomic mass is 10.2. The summed E-state index contributed by atoms with van der Waals surface area (Å²) in [5.41, 5.74) is 1.48. The van der Waals surface area contributed by atoms with Gasteiger partial charge in [0.1, 0.15) is 11.4 Å². The van der Waals surface area contributed by atoms with Gasteiger partial charge in [-0.2, -0.15) is 0 Å². The van der Waals surface area contributed by atoms with Crippen LogP contribution in [0.4, 0.5) is 4.79 Å². The molecule has 106 valence electrons. The van der Waals surface area contributed by atoms with Crippen molar-refractivity contribution in [2.24, 2.45) is 0 Å². The molecule has 0 bridgehead atoms. The van der Waals surface area contributed by atoms with Gasteiger partial charge in [-0.15, -0.1) is 0 Å². The third-order valence-electron chi connectivity index (χ3n) is 2.51. The number of ether oxygens (including phenoxy) is 1. The van der Waals surface area contributed by atoms with Crippen molar-refractivity contribution in [3.63, 3.8) is 0 Å². The zero-order chi connectivity index (χ0) is 14.6. The maximum absolute atomic E-state index is 11.5. The molecule has 5 heteroatoms. The maximum atomic E-state index is 11.5. The first-order chi connectivity index (χ1) is 9.44. The second-order valence-corrected chi connectivity index (χ2v) is 5.47. The summed E-state index contributed by atoms with van der Waals surface area (Å²) in [5, 5.41) is 2.67. The summed E-state index contributed by atoms with van der Waals surface area (Å²) < 4.78 is 5.16. The van der Waals surface area contributed by atoms with Crippen LogP contribution in [0.2, 0.25) is 0 Å². The quantitative estimate of drug-likeness (QED) is 0.903. The number of nitrogens with one attached hydrogen (secondary N) is 2. The number of rotatable bonds is 3. The Balaban J connectivity index is 1.92. The maximum Gasteiger partial charge on any atom is 0.408 e. The van der Waals surface area contributed by atoms with Gasteiger partial charge >= 0.3 is 6.09 Å². The first-order valence-corrected chi connectivity index (χ1v) is 6.50. The lowest BCUT2D eigenvalue weighted by molar-refractivity contribution is 0.0522. The molecule has 1 amide bonds.